The molecular formula is C19H25ClN4O4S. The Hall–Kier alpha value is -2.04. The molecule has 8 nitrogen and oxygen atoms in total. The van der Waals surface area contributed by atoms with Gasteiger partial charge in [-0.15, -0.1) is 11.6 Å². The SMILES string of the molecule is Cc1cc(N(CCO)CCO)ccc1N=Nc1ccc(S(=O)(=O)NCCCl)cc1. The van der Waals surface area contributed by atoms with Gasteiger partial charge in [0.15, 0.2) is 0 Å². The van der Waals surface area contributed by atoms with E-state index in [9.17, 15) is 8.42 Å². The Bertz CT molecular complexity index is 914. The van der Waals surface area contributed by atoms with Crippen molar-refractivity contribution >= 4 is 38.7 Å². The van der Waals surface area contributed by atoms with Crippen molar-refractivity contribution in [1.82, 2.24) is 4.72 Å². The quantitative estimate of drug-likeness (QED) is 0.367. The normalized spacial score (nSPS) is 11.9. The number of alkyl halides is 1. The number of aliphatic hydroxyl groups excluding tert-OH is 2. The number of halogens is 1. The summed E-state index contributed by atoms with van der Waals surface area (Å²) in [4.78, 5) is 2.01. The van der Waals surface area contributed by atoms with Crippen molar-refractivity contribution in [3.8, 4) is 0 Å². The minimum Gasteiger partial charge on any atom is -0.395 e. The van der Waals surface area contributed by atoms with Gasteiger partial charge >= 0.3 is 0 Å². The van der Waals surface area contributed by atoms with Crippen molar-refractivity contribution in [2.45, 2.75) is 11.8 Å². The number of aryl methyl sites for hydroxylation is 1. The molecule has 29 heavy (non-hydrogen) atoms. The standard InChI is InChI=1S/C19H25ClN4O4S/c1-15-14-17(24(10-12-25)11-13-26)4-7-19(15)23-22-16-2-5-18(6-3-16)29(27,28)21-9-8-20/h2-7,14,21,25-26H,8-13H2,1H3. The first-order chi connectivity index (χ1) is 13.9. The zero-order valence-electron chi connectivity index (χ0n) is 16.1. The second-order valence-corrected chi connectivity index (χ2v) is 8.33. The third kappa shape index (κ3) is 6.76. The Morgan fingerprint density at radius 1 is 1.03 bits per heavy atom. The second-order valence-electron chi connectivity index (χ2n) is 6.19. The Morgan fingerprint density at radius 2 is 1.69 bits per heavy atom. The molecule has 0 aliphatic rings. The number of nitrogens with one attached hydrogen (secondary N) is 1. The van der Waals surface area contributed by atoms with E-state index >= 15 is 0 Å². The lowest BCUT2D eigenvalue weighted by molar-refractivity contribution is 0.281. The van der Waals surface area contributed by atoms with Crippen molar-refractivity contribution in [2.75, 3.05) is 43.6 Å². The minimum absolute atomic E-state index is 0.00633. The van der Waals surface area contributed by atoms with E-state index in [1.807, 2.05) is 30.0 Å². The molecule has 0 spiro atoms. The van der Waals surface area contributed by atoms with Gasteiger partial charge in [-0.2, -0.15) is 10.2 Å². The molecule has 0 radical (unpaired) electrons. The van der Waals surface area contributed by atoms with Gasteiger partial charge in [0.25, 0.3) is 0 Å². The van der Waals surface area contributed by atoms with Crippen LogP contribution in [0.2, 0.25) is 0 Å². The number of azo groups is 1. The number of benzene rings is 2. The molecule has 2 aromatic rings. The van der Waals surface area contributed by atoms with Crippen LogP contribution >= 0.6 is 11.6 Å². The molecule has 0 amide bonds. The number of nitrogens with zero attached hydrogens (tertiary/aromatic N) is 3. The van der Waals surface area contributed by atoms with Crippen molar-refractivity contribution in [2.24, 2.45) is 10.2 Å². The molecule has 2 aromatic carbocycles. The number of rotatable bonds is 11. The summed E-state index contributed by atoms with van der Waals surface area (Å²) in [6.07, 6.45) is 0. The van der Waals surface area contributed by atoms with E-state index in [1.165, 1.54) is 12.1 Å². The van der Waals surface area contributed by atoms with Gasteiger partial charge in [0.2, 0.25) is 10.0 Å². The summed E-state index contributed by atoms with van der Waals surface area (Å²) in [5.74, 6) is 0.196. The van der Waals surface area contributed by atoms with E-state index < -0.39 is 10.0 Å². The summed E-state index contributed by atoms with van der Waals surface area (Å²) in [5.41, 5.74) is 2.95. The van der Waals surface area contributed by atoms with E-state index in [0.717, 1.165) is 11.3 Å². The fraction of sp³-hybridized carbons (Fsp3) is 0.368. The molecule has 0 unspecified atom stereocenters. The fourth-order valence-electron chi connectivity index (χ4n) is 2.62. The fourth-order valence-corrected chi connectivity index (χ4v) is 3.86. The van der Waals surface area contributed by atoms with E-state index in [-0.39, 0.29) is 30.5 Å². The summed E-state index contributed by atoms with van der Waals surface area (Å²) >= 11 is 5.51. The topological polar surface area (TPSA) is 115 Å². The molecule has 0 bridgehead atoms. The Kier molecular flexibility index (Phi) is 8.99. The first kappa shape index (κ1) is 23.2. The summed E-state index contributed by atoms with van der Waals surface area (Å²) in [6, 6.07) is 11.7. The molecule has 158 valence electrons. The molecule has 0 aliphatic carbocycles. The number of hydrogen-bond acceptors (Lipinski definition) is 7. The van der Waals surface area contributed by atoms with Gasteiger partial charge in [0, 0.05) is 31.2 Å². The van der Waals surface area contributed by atoms with Crippen LogP contribution < -0.4 is 9.62 Å². The van der Waals surface area contributed by atoms with Crippen molar-refractivity contribution in [3.05, 3.63) is 48.0 Å². The molecule has 0 aliphatic heterocycles. The predicted octanol–water partition coefficient (Wildman–Crippen LogP) is 2.72. The van der Waals surface area contributed by atoms with Gasteiger partial charge in [-0.25, -0.2) is 13.1 Å². The van der Waals surface area contributed by atoms with Crippen molar-refractivity contribution in [3.63, 3.8) is 0 Å². The van der Waals surface area contributed by atoms with Crippen LogP contribution in [0.5, 0.6) is 0 Å². The van der Waals surface area contributed by atoms with Crippen LogP contribution in [0.3, 0.4) is 0 Å². The average Bonchev–Trinajstić information content (AvgIpc) is 2.71. The Morgan fingerprint density at radius 3 is 2.24 bits per heavy atom. The monoisotopic (exact) mass is 440 g/mol. The molecule has 0 saturated heterocycles. The maximum absolute atomic E-state index is 12.0. The molecule has 0 fully saturated rings. The van der Waals surface area contributed by atoms with Crippen LogP contribution in [-0.2, 0) is 10.0 Å². The van der Waals surface area contributed by atoms with Crippen LogP contribution in [0.4, 0.5) is 17.1 Å². The number of anilines is 1. The lowest BCUT2D eigenvalue weighted by Gasteiger charge is -2.23. The van der Waals surface area contributed by atoms with E-state index in [1.54, 1.807) is 12.1 Å². The number of aliphatic hydroxyl groups is 2. The summed E-state index contributed by atoms with van der Waals surface area (Å²) in [7, 11) is -3.58. The van der Waals surface area contributed by atoms with E-state index in [2.05, 4.69) is 15.0 Å². The van der Waals surface area contributed by atoms with Gasteiger partial charge in [-0.3, -0.25) is 0 Å². The molecule has 0 saturated carbocycles. The smallest absolute Gasteiger partial charge is 0.240 e. The van der Waals surface area contributed by atoms with E-state index in [0.29, 0.717) is 24.5 Å². The predicted molar refractivity (Wildman–Crippen MR) is 114 cm³/mol. The summed E-state index contributed by atoms with van der Waals surface area (Å²) in [5, 5.41) is 26.7. The third-order valence-electron chi connectivity index (χ3n) is 4.09. The van der Waals surface area contributed by atoms with Crippen LogP contribution in [0, 0.1) is 6.92 Å². The largest absolute Gasteiger partial charge is 0.395 e. The average molecular weight is 441 g/mol. The highest BCUT2D eigenvalue weighted by molar-refractivity contribution is 7.89. The van der Waals surface area contributed by atoms with Gasteiger partial charge in [-0.05, 0) is 55.0 Å². The second kappa shape index (κ2) is 11.2. The van der Waals surface area contributed by atoms with Gasteiger partial charge in [0.05, 0.1) is 29.5 Å². The van der Waals surface area contributed by atoms with Crippen LogP contribution in [-0.4, -0.2) is 57.4 Å². The molecular weight excluding hydrogens is 416 g/mol. The highest BCUT2D eigenvalue weighted by Crippen LogP contribution is 2.27. The third-order valence-corrected chi connectivity index (χ3v) is 5.76. The first-order valence-electron chi connectivity index (χ1n) is 9.06. The lowest BCUT2D eigenvalue weighted by atomic mass is 10.1. The zero-order valence-corrected chi connectivity index (χ0v) is 17.7. The lowest BCUT2D eigenvalue weighted by Crippen LogP contribution is -2.29. The minimum atomic E-state index is -3.58. The van der Waals surface area contributed by atoms with Crippen molar-refractivity contribution in [1.29, 1.82) is 0 Å². The van der Waals surface area contributed by atoms with Gasteiger partial charge < -0.3 is 15.1 Å². The summed E-state index contributed by atoms with van der Waals surface area (Å²) < 4.78 is 26.5. The number of sulfonamides is 1. The molecule has 10 heteroatoms. The van der Waals surface area contributed by atoms with Crippen molar-refractivity contribution < 1.29 is 18.6 Å². The number of hydrogen-bond donors (Lipinski definition) is 3. The highest BCUT2D eigenvalue weighted by Gasteiger charge is 2.12. The summed E-state index contributed by atoms with van der Waals surface area (Å²) in [6.45, 7) is 2.90. The Labute approximate surface area is 175 Å². The van der Waals surface area contributed by atoms with Gasteiger partial charge in [0.1, 0.15) is 0 Å². The highest BCUT2D eigenvalue weighted by atomic mass is 35.5. The first-order valence-corrected chi connectivity index (χ1v) is 11.1. The zero-order chi connectivity index (χ0) is 21.3. The van der Waals surface area contributed by atoms with Crippen LogP contribution in [0.25, 0.3) is 0 Å². The molecule has 0 atom stereocenters. The van der Waals surface area contributed by atoms with Crippen LogP contribution in [0.1, 0.15) is 5.56 Å². The maximum Gasteiger partial charge on any atom is 0.240 e. The molecule has 0 heterocycles. The Balaban J connectivity index is 2.13. The molecule has 3 N–H and O–H groups in total. The molecule has 2 rings (SSSR count). The maximum atomic E-state index is 12.0. The van der Waals surface area contributed by atoms with Crippen LogP contribution in [0.15, 0.2) is 57.6 Å². The van der Waals surface area contributed by atoms with E-state index in [4.69, 9.17) is 21.8 Å². The van der Waals surface area contributed by atoms with Gasteiger partial charge in [-0.1, -0.05) is 0 Å². The molecule has 0 aromatic heterocycles.